The van der Waals surface area contributed by atoms with Gasteiger partial charge in [0.1, 0.15) is 0 Å². The number of fused-ring (bicyclic) bond motifs is 1. The van der Waals surface area contributed by atoms with Crippen LogP contribution in [-0.4, -0.2) is 23.6 Å². The maximum atomic E-state index is 12.3. The molecule has 4 heteroatoms. The topological polar surface area (TPSA) is 37.4 Å². The molecule has 0 N–H and O–H groups in total. The summed E-state index contributed by atoms with van der Waals surface area (Å²) in [5, 5.41) is 0. The average Bonchev–Trinajstić information content (AvgIpc) is 2.90. The molecule has 102 valence electrons. The first-order chi connectivity index (χ1) is 9.76. The van der Waals surface area contributed by atoms with Crippen LogP contribution < -0.4 is 0 Å². The number of carbonyl (C=O) groups excluding carboxylic acids is 2. The summed E-state index contributed by atoms with van der Waals surface area (Å²) < 4.78 is 0. The van der Waals surface area contributed by atoms with Gasteiger partial charge in [-0.25, -0.2) is 0 Å². The van der Waals surface area contributed by atoms with Gasteiger partial charge in [-0.1, -0.05) is 30.3 Å². The number of aldehydes is 1. The minimum absolute atomic E-state index is 0.153. The minimum Gasteiger partial charge on any atom is -0.338 e. The van der Waals surface area contributed by atoms with Crippen molar-refractivity contribution in [2.75, 3.05) is 6.54 Å². The zero-order valence-corrected chi connectivity index (χ0v) is 11.9. The Morgan fingerprint density at radius 3 is 2.85 bits per heavy atom. The quantitative estimate of drug-likeness (QED) is 0.813. The van der Waals surface area contributed by atoms with Gasteiger partial charge < -0.3 is 4.90 Å². The highest BCUT2D eigenvalue weighted by Crippen LogP contribution is 2.27. The second-order valence-electron chi connectivity index (χ2n) is 4.94. The molecule has 1 aliphatic heterocycles. The van der Waals surface area contributed by atoms with E-state index < -0.39 is 0 Å². The van der Waals surface area contributed by atoms with Gasteiger partial charge in [0, 0.05) is 18.0 Å². The molecule has 3 rings (SSSR count). The summed E-state index contributed by atoms with van der Waals surface area (Å²) in [6.45, 7) is 1.38. The fourth-order valence-electron chi connectivity index (χ4n) is 2.51. The van der Waals surface area contributed by atoms with Gasteiger partial charge >= 0.3 is 0 Å². The van der Waals surface area contributed by atoms with Crippen LogP contribution in [0.1, 0.15) is 25.7 Å². The Morgan fingerprint density at radius 1 is 1.30 bits per heavy atom. The standard InChI is InChI=1S/C16H15NO2S/c18-11-14-9-13-10-17(7-6-15(13)20-14)16(19)8-12-4-2-1-3-5-12/h1-5,9,11H,6-8,10H2. The lowest BCUT2D eigenvalue weighted by Crippen LogP contribution is -2.36. The molecule has 0 unspecified atom stereocenters. The molecule has 1 aliphatic rings. The molecule has 0 aliphatic carbocycles. The van der Waals surface area contributed by atoms with Crippen molar-refractivity contribution in [3.63, 3.8) is 0 Å². The third-order valence-corrected chi connectivity index (χ3v) is 4.72. The molecule has 2 heterocycles. The molecule has 2 aromatic rings. The third kappa shape index (κ3) is 2.65. The number of hydrogen-bond donors (Lipinski definition) is 0. The number of nitrogens with zero attached hydrogens (tertiary/aromatic N) is 1. The summed E-state index contributed by atoms with van der Waals surface area (Å²) in [5.74, 6) is 0.153. The summed E-state index contributed by atoms with van der Waals surface area (Å²) in [6.07, 6.45) is 2.19. The van der Waals surface area contributed by atoms with Crippen molar-refractivity contribution in [2.45, 2.75) is 19.4 Å². The average molecular weight is 285 g/mol. The van der Waals surface area contributed by atoms with Crippen LogP contribution in [-0.2, 0) is 24.2 Å². The number of rotatable bonds is 3. The van der Waals surface area contributed by atoms with Gasteiger partial charge in [0.25, 0.3) is 0 Å². The number of hydrogen-bond acceptors (Lipinski definition) is 3. The van der Waals surface area contributed by atoms with E-state index >= 15 is 0 Å². The summed E-state index contributed by atoms with van der Waals surface area (Å²) in [5.41, 5.74) is 2.17. The Hall–Kier alpha value is -1.94. The Balaban J connectivity index is 1.70. The van der Waals surface area contributed by atoms with E-state index in [0.29, 0.717) is 13.0 Å². The summed E-state index contributed by atoms with van der Waals surface area (Å²) in [6, 6.07) is 11.7. The van der Waals surface area contributed by atoms with E-state index in [1.54, 1.807) is 11.3 Å². The maximum absolute atomic E-state index is 12.3. The summed E-state index contributed by atoms with van der Waals surface area (Å²) in [7, 11) is 0. The van der Waals surface area contributed by atoms with Crippen molar-refractivity contribution in [1.29, 1.82) is 0 Å². The number of amides is 1. The smallest absolute Gasteiger partial charge is 0.227 e. The molecular weight excluding hydrogens is 270 g/mol. The maximum Gasteiger partial charge on any atom is 0.227 e. The predicted molar refractivity (Wildman–Crippen MR) is 79.0 cm³/mol. The number of carbonyl (C=O) groups is 2. The third-order valence-electron chi connectivity index (χ3n) is 3.55. The first kappa shape index (κ1) is 13.1. The summed E-state index contributed by atoms with van der Waals surface area (Å²) >= 11 is 1.55. The van der Waals surface area contributed by atoms with Gasteiger partial charge in [0.2, 0.25) is 5.91 Å². The van der Waals surface area contributed by atoms with Gasteiger partial charge in [0.05, 0.1) is 11.3 Å². The van der Waals surface area contributed by atoms with Crippen LogP contribution in [0, 0.1) is 0 Å². The van der Waals surface area contributed by atoms with Crippen LogP contribution in [0.25, 0.3) is 0 Å². The van der Waals surface area contributed by atoms with Crippen molar-refractivity contribution in [3.05, 3.63) is 57.3 Å². The van der Waals surface area contributed by atoms with Crippen LogP contribution >= 0.6 is 11.3 Å². The minimum atomic E-state index is 0.153. The van der Waals surface area contributed by atoms with Crippen LogP contribution in [0.4, 0.5) is 0 Å². The van der Waals surface area contributed by atoms with E-state index in [9.17, 15) is 9.59 Å². The molecular formula is C16H15NO2S. The van der Waals surface area contributed by atoms with E-state index in [4.69, 9.17) is 0 Å². The van der Waals surface area contributed by atoms with Gasteiger partial charge in [0.15, 0.2) is 6.29 Å². The van der Waals surface area contributed by atoms with Crippen molar-refractivity contribution < 1.29 is 9.59 Å². The van der Waals surface area contributed by atoms with Crippen molar-refractivity contribution in [3.8, 4) is 0 Å². The lowest BCUT2D eigenvalue weighted by Gasteiger charge is -2.27. The molecule has 0 saturated heterocycles. The number of thiophene rings is 1. The lowest BCUT2D eigenvalue weighted by molar-refractivity contribution is -0.131. The zero-order chi connectivity index (χ0) is 13.9. The molecule has 20 heavy (non-hydrogen) atoms. The van der Waals surface area contributed by atoms with Crippen LogP contribution in [0.2, 0.25) is 0 Å². The highest BCUT2D eigenvalue weighted by atomic mass is 32.1. The van der Waals surface area contributed by atoms with Crippen LogP contribution in [0.3, 0.4) is 0 Å². The monoisotopic (exact) mass is 285 g/mol. The Morgan fingerprint density at radius 2 is 2.10 bits per heavy atom. The van der Waals surface area contributed by atoms with Crippen molar-refractivity contribution >= 4 is 23.5 Å². The largest absolute Gasteiger partial charge is 0.338 e. The number of benzene rings is 1. The van der Waals surface area contributed by atoms with E-state index in [1.807, 2.05) is 41.3 Å². The molecule has 1 amide bonds. The molecule has 0 radical (unpaired) electrons. The molecule has 0 saturated carbocycles. The SMILES string of the molecule is O=Cc1cc2c(s1)CCN(C(=O)Cc1ccccc1)C2. The molecule has 0 atom stereocenters. The molecule has 0 spiro atoms. The highest BCUT2D eigenvalue weighted by Gasteiger charge is 2.22. The zero-order valence-electron chi connectivity index (χ0n) is 11.0. The summed E-state index contributed by atoms with van der Waals surface area (Å²) in [4.78, 5) is 27.0. The fourth-order valence-corrected chi connectivity index (χ4v) is 3.49. The van der Waals surface area contributed by atoms with Gasteiger partial charge in [-0.3, -0.25) is 9.59 Å². The molecule has 1 aromatic heterocycles. The lowest BCUT2D eigenvalue weighted by atomic mass is 10.1. The Bertz CT molecular complexity index is 633. The molecule has 1 aromatic carbocycles. The van der Waals surface area contributed by atoms with E-state index in [1.165, 1.54) is 4.88 Å². The first-order valence-corrected chi connectivity index (χ1v) is 7.46. The van der Waals surface area contributed by atoms with Gasteiger partial charge in [-0.15, -0.1) is 11.3 Å². The van der Waals surface area contributed by atoms with Crippen LogP contribution in [0.15, 0.2) is 36.4 Å². The fraction of sp³-hybridized carbons (Fsp3) is 0.250. The molecule has 3 nitrogen and oxygen atoms in total. The Kier molecular flexibility index (Phi) is 3.65. The van der Waals surface area contributed by atoms with Gasteiger partial charge in [-0.2, -0.15) is 0 Å². The second-order valence-corrected chi connectivity index (χ2v) is 6.11. The van der Waals surface area contributed by atoms with E-state index in [2.05, 4.69) is 0 Å². The molecule has 0 bridgehead atoms. The van der Waals surface area contributed by atoms with Gasteiger partial charge in [-0.05, 0) is 23.6 Å². The van der Waals surface area contributed by atoms with Crippen LogP contribution in [0.5, 0.6) is 0 Å². The molecule has 0 fully saturated rings. The Labute approximate surface area is 121 Å². The predicted octanol–water partition coefficient (Wildman–Crippen LogP) is 2.69. The van der Waals surface area contributed by atoms with E-state index in [0.717, 1.165) is 35.3 Å². The van der Waals surface area contributed by atoms with Crippen molar-refractivity contribution in [2.24, 2.45) is 0 Å². The first-order valence-electron chi connectivity index (χ1n) is 6.65. The second kappa shape index (κ2) is 5.59. The highest BCUT2D eigenvalue weighted by molar-refractivity contribution is 7.13. The normalized spacial score (nSPS) is 13.9. The van der Waals surface area contributed by atoms with E-state index in [-0.39, 0.29) is 5.91 Å². The van der Waals surface area contributed by atoms with Crippen molar-refractivity contribution in [1.82, 2.24) is 4.90 Å².